The van der Waals surface area contributed by atoms with Gasteiger partial charge in [-0.15, -0.1) is 0 Å². The Morgan fingerprint density at radius 3 is 2.00 bits per heavy atom. The van der Waals surface area contributed by atoms with Crippen molar-refractivity contribution >= 4 is 34.9 Å². The van der Waals surface area contributed by atoms with E-state index in [9.17, 15) is 4.79 Å². The SMILES string of the molecule is CC[N+](CCCNC(=O)Nc1ccccc1)(CCc1ccc(Cl)cc1)Cc1ccc(Cl)cc1.[I-]. The van der Waals surface area contributed by atoms with Crippen LogP contribution in [-0.4, -0.2) is 36.7 Å². The average molecular weight is 612 g/mol. The van der Waals surface area contributed by atoms with Crippen molar-refractivity contribution in [3.8, 4) is 0 Å². The number of hydrogen-bond acceptors (Lipinski definition) is 1. The second kappa shape index (κ2) is 14.6. The van der Waals surface area contributed by atoms with Crippen molar-refractivity contribution in [3.63, 3.8) is 0 Å². The minimum atomic E-state index is -0.172. The highest BCUT2D eigenvalue weighted by Crippen LogP contribution is 2.20. The van der Waals surface area contributed by atoms with Crippen LogP contribution in [0.25, 0.3) is 0 Å². The molecule has 0 fully saturated rings. The molecule has 182 valence electrons. The van der Waals surface area contributed by atoms with Gasteiger partial charge >= 0.3 is 6.03 Å². The van der Waals surface area contributed by atoms with Gasteiger partial charge < -0.3 is 39.1 Å². The van der Waals surface area contributed by atoms with E-state index in [1.165, 1.54) is 11.1 Å². The van der Waals surface area contributed by atoms with Gasteiger partial charge in [-0.25, -0.2) is 4.79 Å². The van der Waals surface area contributed by atoms with Crippen LogP contribution >= 0.6 is 23.2 Å². The maximum atomic E-state index is 12.2. The number of likely N-dealkylation sites (N-methyl/N-ethyl adjacent to an activating group) is 1. The minimum absolute atomic E-state index is 0. The number of halogens is 3. The standard InChI is InChI=1S/C27H31Cl2N3O.HI/c1-2-32(21-23-11-15-25(29)16-12-23,20-17-22-9-13-24(28)14-10-22)19-6-18-30-27(33)31-26-7-4-3-5-8-26;/h3-5,7-16H,2,6,17-21H2,1H3,(H-,30,31,33);1H. The monoisotopic (exact) mass is 611 g/mol. The van der Waals surface area contributed by atoms with Crippen LogP contribution in [0.5, 0.6) is 0 Å². The molecule has 0 radical (unpaired) electrons. The zero-order chi connectivity index (χ0) is 23.5. The molecule has 0 aromatic heterocycles. The first-order valence-corrected chi connectivity index (χ1v) is 12.2. The summed E-state index contributed by atoms with van der Waals surface area (Å²) in [6, 6.07) is 25.5. The number of benzene rings is 3. The Morgan fingerprint density at radius 1 is 0.824 bits per heavy atom. The topological polar surface area (TPSA) is 41.1 Å². The largest absolute Gasteiger partial charge is 1.00 e. The first kappa shape index (κ1) is 28.4. The van der Waals surface area contributed by atoms with E-state index in [1.807, 2.05) is 54.6 Å². The number of anilines is 1. The molecule has 3 aromatic rings. The Kier molecular flexibility index (Phi) is 12.2. The maximum Gasteiger partial charge on any atom is 0.319 e. The number of urea groups is 1. The number of carbonyl (C=O) groups excluding carboxylic acids is 1. The molecule has 0 bridgehead atoms. The molecule has 3 rings (SSSR count). The first-order chi connectivity index (χ1) is 16.0. The number of amides is 2. The average Bonchev–Trinajstić information content (AvgIpc) is 2.83. The second-order valence-electron chi connectivity index (χ2n) is 8.37. The third kappa shape index (κ3) is 9.45. The molecule has 0 aliphatic rings. The predicted molar refractivity (Wildman–Crippen MR) is 139 cm³/mol. The van der Waals surface area contributed by atoms with Crippen molar-refractivity contribution in [2.75, 3.05) is 31.5 Å². The number of carbonyl (C=O) groups is 1. The van der Waals surface area contributed by atoms with E-state index in [-0.39, 0.29) is 30.0 Å². The Bertz CT molecular complexity index is 1000. The van der Waals surface area contributed by atoms with Gasteiger partial charge in [-0.2, -0.15) is 0 Å². The third-order valence-electron chi connectivity index (χ3n) is 6.02. The highest BCUT2D eigenvalue weighted by Gasteiger charge is 2.25. The summed E-state index contributed by atoms with van der Waals surface area (Å²) < 4.78 is 0.937. The molecule has 1 unspecified atom stereocenters. The van der Waals surface area contributed by atoms with E-state index in [1.54, 1.807) is 0 Å². The number of para-hydroxylation sites is 1. The van der Waals surface area contributed by atoms with Gasteiger partial charge in [-0.05, 0) is 48.9 Å². The smallest absolute Gasteiger partial charge is 0.319 e. The fourth-order valence-corrected chi connectivity index (χ4v) is 4.26. The lowest BCUT2D eigenvalue weighted by atomic mass is 10.1. The highest BCUT2D eigenvalue weighted by atomic mass is 127. The molecule has 0 heterocycles. The normalized spacial score (nSPS) is 12.3. The van der Waals surface area contributed by atoms with Gasteiger partial charge in [0.15, 0.2) is 0 Å². The lowest BCUT2D eigenvalue weighted by molar-refractivity contribution is -0.939. The Labute approximate surface area is 230 Å². The summed E-state index contributed by atoms with van der Waals surface area (Å²) in [6.07, 6.45) is 1.87. The van der Waals surface area contributed by atoms with Crippen LogP contribution in [0.1, 0.15) is 24.5 Å². The van der Waals surface area contributed by atoms with E-state index < -0.39 is 0 Å². The maximum absolute atomic E-state index is 12.2. The van der Waals surface area contributed by atoms with Crippen LogP contribution in [0, 0.1) is 0 Å². The molecule has 7 heteroatoms. The Hall–Kier alpha value is -1.80. The quantitative estimate of drug-likeness (QED) is 0.193. The summed E-state index contributed by atoms with van der Waals surface area (Å²) in [5.41, 5.74) is 3.35. The van der Waals surface area contributed by atoms with Gasteiger partial charge in [0.1, 0.15) is 6.54 Å². The van der Waals surface area contributed by atoms with Crippen molar-refractivity contribution in [3.05, 3.63) is 100 Å². The summed E-state index contributed by atoms with van der Waals surface area (Å²) in [5, 5.41) is 7.37. The van der Waals surface area contributed by atoms with Gasteiger partial charge in [0.25, 0.3) is 0 Å². The van der Waals surface area contributed by atoms with Gasteiger partial charge in [-0.3, -0.25) is 0 Å². The van der Waals surface area contributed by atoms with Crippen molar-refractivity contribution in [2.45, 2.75) is 26.3 Å². The fraction of sp³-hybridized carbons (Fsp3) is 0.296. The van der Waals surface area contributed by atoms with Gasteiger partial charge in [0.2, 0.25) is 0 Å². The minimum Gasteiger partial charge on any atom is -1.00 e. The van der Waals surface area contributed by atoms with E-state index in [2.05, 4.69) is 41.8 Å². The molecule has 0 aliphatic carbocycles. The van der Waals surface area contributed by atoms with E-state index in [0.717, 1.165) is 59.2 Å². The van der Waals surface area contributed by atoms with E-state index in [4.69, 9.17) is 23.2 Å². The molecule has 3 aromatic carbocycles. The van der Waals surface area contributed by atoms with E-state index >= 15 is 0 Å². The van der Waals surface area contributed by atoms with Crippen molar-refractivity contribution in [2.24, 2.45) is 0 Å². The molecular formula is C27H32Cl2IN3O. The number of nitrogens with zero attached hydrogens (tertiary/aromatic N) is 1. The lowest BCUT2D eigenvalue weighted by Crippen LogP contribution is -3.00. The van der Waals surface area contributed by atoms with Crippen LogP contribution in [-0.2, 0) is 13.0 Å². The third-order valence-corrected chi connectivity index (χ3v) is 6.52. The van der Waals surface area contributed by atoms with E-state index in [0.29, 0.717) is 6.54 Å². The molecule has 0 aliphatic heterocycles. The molecule has 0 spiro atoms. The van der Waals surface area contributed by atoms with Crippen molar-refractivity contribution in [1.82, 2.24) is 5.32 Å². The van der Waals surface area contributed by atoms with Crippen molar-refractivity contribution in [1.29, 1.82) is 0 Å². The molecule has 2 N–H and O–H groups in total. The molecule has 1 atom stereocenters. The number of hydrogen-bond donors (Lipinski definition) is 2. The molecular weight excluding hydrogens is 580 g/mol. The number of quaternary nitrogens is 1. The highest BCUT2D eigenvalue weighted by molar-refractivity contribution is 6.30. The Balaban J connectivity index is 0.00000408. The van der Waals surface area contributed by atoms with Crippen LogP contribution in [0.4, 0.5) is 10.5 Å². The van der Waals surface area contributed by atoms with Crippen LogP contribution in [0.2, 0.25) is 10.0 Å². The number of nitrogens with one attached hydrogen (secondary N) is 2. The molecule has 2 amide bonds. The first-order valence-electron chi connectivity index (χ1n) is 11.4. The molecule has 4 nitrogen and oxygen atoms in total. The summed E-state index contributed by atoms with van der Waals surface area (Å²) in [7, 11) is 0. The summed E-state index contributed by atoms with van der Waals surface area (Å²) in [5.74, 6) is 0. The van der Waals surface area contributed by atoms with Crippen LogP contribution < -0.4 is 34.6 Å². The molecule has 0 saturated heterocycles. The zero-order valence-electron chi connectivity index (χ0n) is 19.4. The van der Waals surface area contributed by atoms with Crippen LogP contribution in [0.3, 0.4) is 0 Å². The summed E-state index contributed by atoms with van der Waals surface area (Å²) in [6.45, 7) is 6.78. The van der Waals surface area contributed by atoms with Gasteiger partial charge in [0, 0.05) is 40.7 Å². The summed E-state index contributed by atoms with van der Waals surface area (Å²) in [4.78, 5) is 12.2. The fourth-order valence-electron chi connectivity index (χ4n) is 4.01. The van der Waals surface area contributed by atoms with Gasteiger partial charge in [-0.1, -0.05) is 65.7 Å². The summed E-state index contributed by atoms with van der Waals surface area (Å²) >= 11 is 12.2. The molecule has 34 heavy (non-hydrogen) atoms. The molecule has 0 saturated carbocycles. The van der Waals surface area contributed by atoms with Crippen LogP contribution in [0.15, 0.2) is 78.9 Å². The Morgan fingerprint density at radius 2 is 1.41 bits per heavy atom. The van der Waals surface area contributed by atoms with Gasteiger partial charge in [0.05, 0.1) is 19.6 Å². The van der Waals surface area contributed by atoms with Crippen molar-refractivity contribution < 1.29 is 33.3 Å². The number of rotatable bonds is 11. The zero-order valence-corrected chi connectivity index (χ0v) is 23.1. The predicted octanol–water partition coefficient (Wildman–Crippen LogP) is 3.79. The second-order valence-corrected chi connectivity index (χ2v) is 9.24. The lowest BCUT2D eigenvalue weighted by Gasteiger charge is -2.38.